The van der Waals surface area contributed by atoms with Gasteiger partial charge in [-0.15, -0.1) is 0 Å². The molecule has 0 aliphatic heterocycles. The Morgan fingerprint density at radius 3 is 2.56 bits per heavy atom. The molecule has 1 aromatic heterocycles. The molecule has 0 spiro atoms. The Morgan fingerprint density at radius 2 is 1.89 bits per heavy atom. The van der Waals surface area contributed by atoms with Gasteiger partial charge in [-0.05, 0) is 18.8 Å². The van der Waals surface area contributed by atoms with E-state index < -0.39 is 0 Å². The fourth-order valence-corrected chi connectivity index (χ4v) is 2.22. The lowest BCUT2D eigenvalue weighted by atomic mass is 9.89. The molecule has 2 rings (SSSR count). The van der Waals surface area contributed by atoms with Crippen LogP contribution in [-0.2, 0) is 0 Å². The number of hydrogen-bond acceptors (Lipinski definition) is 7. The molecule has 0 amide bonds. The molecular formula is C11H20N6O. The molecule has 1 aromatic rings. The summed E-state index contributed by atoms with van der Waals surface area (Å²) in [6.45, 7) is 0.886. The SMILES string of the molecule is COc1nc(NN)nc(NCC2CCCCC2)n1. The van der Waals surface area contributed by atoms with Gasteiger partial charge in [-0.2, -0.15) is 15.0 Å². The van der Waals surface area contributed by atoms with Crippen LogP contribution in [0.25, 0.3) is 0 Å². The highest BCUT2D eigenvalue weighted by molar-refractivity contribution is 5.34. The number of anilines is 2. The van der Waals surface area contributed by atoms with Crippen LogP contribution in [-0.4, -0.2) is 28.6 Å². The summed E-state index contributed by atoms with van der Waals surface area (Å²) >= 11 is 0. The van der Waals surface area contributed by atoms with Crippen molar-refractivity contribution in [1.82, 2.24) is 15.0 Å². The third-order valence-electron chi connectivity index (χ3n) is 3.20. The number of nitrogens with two attached hydrogens (primary N) is 1. The molecule has 0 unspecified atom stereocenters. The minimum absolute atomic E-state index is 0.254. The zero-order chi connectivity index (χ0) is 12.8. The molecule has 1 fully saturated rings. The van der Waals surface area contributed by atoms with Crippen molar-refractivity contribution in [2.24, 2.45) is 11.8 Å². The third-order valence-corrected chi connectivity index (χ3v) is 3.20. The van der Waals surface area contributed by atoms with Gasteiger partial charge < -0.3 is 10.1 Å². The first-order valence-corrected chi connectivity index (χ1v) is 6.32. The number of ether oxygens (including phenoxy) is 1. The topological polar surface area (TPSA) is 98.0 Å². The second kappa shape index (κ2) is 6.34. The molecule has 1 aliphatic carbocycles. The molecule has 0 bridgehead atoms. The zero-order valence-corrected chi connectivity index (χ0v) is 10.6. The summed E-state index contributed by atoms with van der Waals surface area (Å²) < 4.78 is 4.99. The van der Waals surface area contributed by atoms with Crippen molar-refractivity contribution in [1.29, 1.82) is 0 Å². The van der Waals surface area contributed by atoms with Gasteiger partial charge >= 0.3 is 6.01 Å². The summed E-state index contributed by atoms with van der Waals surface area (Å²) in [5.41, 5.74) is 2.40. The smallest absolute Gasteiger partial charge is 0.322 e. The van der Waals surface area contributed by atoms with Crippen molar-refractivity contribution >= 4 is 11.9 Å². The highest BCUT2D eigenvalue weighted by Crippen LogP contribution is 2.23. The Bertz CT molecular complexity index is 358. The van der Waals surface area contributed by atoms with Crippen LogP contribution >= 0.6 is 0 Å². The maximum atomic E-state index is 5.30. The zero-order valence-electron chi connectivity index (χ0n) is 10.6. The predicted octanol–water partition coefficient (Wildman–Crippen LogP) is 1.16. The Balaban J connectivity index is 1.94. The first kappa shape index (κ1) is 12.8. The van der Waals surface area contributed by atoms with Crippen LogP contribution in [0.2, 0.25) is 0 Å². The van der Waals surface area contributed by atoms with Gasteiger partial charge in [0, 0.05) is 6.54 Å². The molecule has 0 saturated heterocycles. The maximum Gasteiger partial charge on any atom is 0.322 e. The van der Waals surface area contributed by atoms with Crippen molar-refractivity contribution in [3.8, 4) is 6.01 Å². The van der Waals surface area contributed by atoms with E-state index in [0.29, 0.717) is 17.8 Å². The average Bonchev–Trinajstić information content (AvgIpc) is 2.45. The Hall–Kier alpha value is -1.63. The molecule has 18 heavy (non-hydrogen) atoms. The van der Waals surface area contributed by atoms with Gasteiger partial charge in [-0.1, -0.05) is 19.3 Å². The normalized spacial score (nSPS) is 16.3. The van der Waals surface area contributed by atoms with Gasteiger partial charge in [-0.3, -0.25) is 5.43 Å². The summed E-state index contributed by atoms with van der Waals surface area (Å²) in [5, 5.41) is 3.23. The Labute approximate surface area is 107 Å². The van der Waals surface area contributed by atoms with E-state index in [0.717, 1.165) is 6.54 Å². The number of aromatic nitrogens is 3. The van der Waals surface area contributed by atoms with Crippen molar-refractivity contribution in [3.05, 3.63) is 0 Å². The lowest BCUT2D eigenvalue weighted by Crippen LogP contribution is -2.19. The lowest BCUT2D eigenvalue weighted by molar-refractivity contribution is 0.370. The van der Waals surface area contributed by atoms with Crippen molar-refractivity contribution < 1.29 is 4.74 Å². The highest BCUT2D eigenvalue weighted by atomic mass is 16.5. The van der Waals surface area contributed by atoms with Crippen LogP contribution in [0.1, 0.15) is 32.1 Å². The Morgan fingerprint density at radius 1 is 1.17 bits per heavy atom. The second-order valence-electron chi connectivity index (χ2n) is 4.50. The van der Waals surface area contributed by atoms with Crippen LogP contribution in [0.5, 0.6) is 6.01 Å². The summed E-state index contributed by atoms with van der Waals surface area (Å²) in [5.74, 6) is 6.80. The first-order chi connectivity index (χ1) is 8.81. The highest BCUT2D eigenvalue weighted by Gasteiger charge is 2.14. The van der Waals surface area contributed by atoms with E-state index in [1.54, 1.807) is 0 Å². The van der Waals surface area contributed by atoms with E-state index in [1.165, 1.54) is 39.2 Å². The molecule has 100 valence electrons. The van der Waals surface area contributed by atoms with Crippen LogP contribution in [0.4, 0.5) is 11.9 Å². The predicted molar refractivity (Wildman–Crippen MR) is 69.3 cm³/mol. The summed E-state index contributed by atoms with van der Waals surface area (Å²) in [7, 11) is 1.51. The van der Waals surface area contributed by atoms with Crippen LogP contribution in [0.3, 0.4) is 0 Å². The van der Waals surface area contributed by atoms with Crippen LogP contribution in [0.15, 0.2) is 0 Å². The number of nitrogens with zero attached hydrogens (tertiary/aromatic N) is 3. The maximum absolute atomic E-state index is 5.30. The molecule has 4 N–H and O–H groups in total. The van der Waals surface area contributed by atoms with Gasteiger partial charge in [0.25, 0.3) is 0 Å². The van der Waals surface area contributed by atoms with E-state index in [9.17, 15) is 0 Å². The number of nitrogens with one attached hydrogen (secondary N) is 2. The lowest BCUT2D eigenvalue weighted by Gasteiger charge is -2.21. The quantitative estimate of drug-likeness (QED) is 0.534. The van der Waals surface area contributed by atoms with E-state index in [2.05, 4.69) is 25.7 Å². The van der Waals surface area contributed by atoms with Gasteiger partial charge in [0.05, 0.1) is 7.11 Å². The molecule has 0 atom stereocenters. The summed E-state index contributed by atoms with van der Waals surface area (Å²) in [6, 6.07) is 0.254. The second-order valence-corrected chi connectivity index (χ2v) is 4.50. The number of nitrogen functional groups attached to an aromatic ring is 1. The largest absolute Gasteiger partial charge is 0.467 e. The van der Waals surface area contributed by atoms with E-state index in [-0.39, 0.29) is 6.01 Å². The molecule has 1 aliphatic rings. The van der Waals surface area contributed by atoms with Crippen molar-refractivity contribution in [3.63, 3.8) is 0 Å². The monoisotopic (exact) mass is 252 g/mol. The summed E-state index contributed by atoms with van der Waals surface area (Å²) in [6.07, 6.45) is 6.55. The average molecular weight is 252 g/mol. The minimum atomic E-state index is 0.254. The molecule has 1 heterocycles. The fourth-order valence-electron chi connectivity index (χ4n) is 2.22. The van der Waals surface area contributed by atoms with Gasteiger partial charge in [0.2, 0.25) is 11.9 Å². The van der Waals surface area contributed by atoms with Gasteiger partial charge in [-0.25, -0.2) is 5.84 Å². The van der Waals surface area contributed by atoms with Crippen molar-refractivity contribution in [2.45, 2.75) is 32.1 Å². The van der Waals surface area contributed by atoms with Gasteiger partial charge in [0.15, 0.2) is 0 Å². The minimum Gasteiger partial charge on any atom is -0.467 e. The van der Waals surface area contributed by atoms with E-state index in [1.807, 2.05) is 0 Å². The number of rotatable bonds is 5. The molecule has 1 saturated carbocycles. The number of methoxy groups -OCH3 is 1. The summed E-state index contributed by atoms with van der Waals surface area (Å²) in [4.78, 5) is 12.2. The van der Waals surface area contributed by atoms with Gasteiger partial charge in [0.1, 0.15) is 0 Å². The molecule has 7 nitrogen and oxygen atoms in total. The van der Waals surface area contributed by atoms with Crippen molar-refractivity contribution in [2.75, 3.05) is 24.4 Å². The Kier molecular flexibility index (Phi) is 4.52. The fraction of sp³-hybridized carbons (Fsp3) is 0.727. The third kappa shape index (κ3) is 3.43. The van der Waals surface area contributed by atoms with Crippen LogP contribution in [0, 0.1) is 5.92 Å². The molecular weight excluding hydrogens is 232 g/mol. The van der Waals surface area contributed by atoms with Crippen LogP contribution < -0.4 is 21.3 Å². The molecule has 0 aromatic carbocycles. The molecule has 0 radical (unpaired) electrons. The van der Waals surface area contributed by atoms with E-state index in [4.69, 9.17) is 10.6 Å². The number of hydrogen-bond donors (Lipinski definition) is 3. The number of hydrazine groups is 1. The molecule has 7 heteroatoms. The standard InChI is InChI=1S/C11H20N6O/c1-18-11-15-9(14-10(16-11)17-12)13-7-8-5-3-2-4-6-8/h8H,2-7,12H2,1H3,(H2,13,14,15,16,17). The van der Waals surface area contributed by atoms with E-state index >= 15 is 0 Å². The first-order valence-electron chi connectivity index (χ1n) is 6.32.